The number of ketones is 1. The van der Waals surface area contributed by atoms with Gasteiger partial charge in [-0.15, -0.1) is 16.4 Å². The summed E-state index contributed by atoms with van der Waals surface area (Å²) in [7, 11) is 3.22. The number of carbonyl (C=O) groups is 1. The van der Waals surface area contributed by atoms with E-state index >= 15 is 0 Å². The van der Waals surface area contributed by atoms with Crippen molar-refractivity contribution in [2.24, 2.45) is 5.41 Å². The Morgan fingerprint density at radius 2 is 1.97 bits per heavy atom. The maximum Gasteiger partial charge on any atom is 0.226 e. The van der Waals surface area contributed by atoms with E-state index < -0.39 is 0 Å². The number of carbonyl (C=O) groups excluding carboxylic acids is 1. The van der Waals surface area contributed by atoms with Gasteiger partial charge in [0.2, 0.25) is 5.95 Å². The van der Waals surface area contributed by atoms with Gasteiger partial charge in [0.15, 0.2) is 23.1 Å². The zero-order chi connectivity index (χ0) is 21.8. The molecule has 0 saturated heterocycles. The van der Waals surface area contributed by atoms with E-state index in [0.29, 0.717) is 29.7 Å². The summed E-state index contributed by atoms with van der Waals surface area (Å²) in [6.07, 6.45) is 1.28. The first-order chi connectivity index (χ1) is 14.9. The lowest BCUT2D eigenvalue weighted by Gasteiger charge is -2.38. The molecule has 0 fully saturated rings. The number of nitrogens with one attached hydrogen (secondary N) is 1. The van der Waals surface area contributed by atoms with Crippen molar-refractivity contribution in [1.82, 2.24) is 14.8 Å². The fourth-order valence-corrected chi connectivity index (χ4v) is 5.10. The minimum Gasteiger partial charge on any atom is -0.493 e. The van der Waals surface area contributed by atoms with E-state index in [9.17, 15) is 4.79 Å². The number of allylic oxidation sites excluding steroid dienone is 2. The fourth-order valence-electron chi connectivity index (χ4n) is 4.45. The minimum absolute atomic E-state index is 0.107. The van der Waals surface area contributed by atoms with Crippen LogP contribution in [0.5, 0.6) is 11.5 Å². The standard InChI is InChI=1S/C23H24N4O3S/c1-23(2)11-14-19(15(28)12-23)20(13-7-8-16(29-3)17(10-13)30-4)27-22(24-14)25-21(26-27)18-6-5-9-31-18/h5-10,20H,11-12H2,1-4H3,(H,24,25,26). The molecular weight excluding hydrogens is 412 g/mol. The molecule has 0 radical (unpaired) electrons. The van der Waals surface area contributed by atoms with Gasteiger partial charge < -0.3 is 14.8 Å². The highest BCUT2D eigenvalue weighted by Crippen LogP contribution is 2.46. The van der Waals surface area contributed by atoms with Crippen molar-refractivity contribution in [2.45, 2.75) is 32.7 Å². The summed E-state index contributed by atoms with van der Waals surface area (Å²) >= 11 is 1.59. The summed E-state index contributed by atoms with van der Waals surface area (Å²) in [5.74, 6) is 2.69. The van der Waals surface area contributed by atoms with Crippen LogP contribution < -0.4 is 14.8 Å². The summed E-state index contributed by atoms with van der Waals surface area (Å²) in [5.41, 5.74) is 2.48. The first-order valence-corrected chi connectivity index (χ1v) is 11.0. The summed E-state index contributed by atoms with van der Waals surface area (Å²) in [6.45, 7) is 4.25. The molecule has 31 heavy (non-hydrogen) atoms. The van der Waals surface area contributed by atoms with Gasteiger partial charge in [0, 0.05) is 17.7 Å². The van der Waals surface area contributed by atoms with Gasteiger partial charge in [-0.05, 0) is 41.0 Å². The molecule has 1 aliphatic heterocycles. The average Bonchev–Trinajstić information content (AvgIpc) is 3.40. The molecule has 5 rings (SSSR count). The largest absolute Gasteiger partial charge is 0.493 e. The van der Waals surface area contributed by atoms with Crippen LogP contribution in [0.2, 0.25) is 0 Å². The minimum atomic E-state index is -0.379. The quantitative estimate of drug-likeness (QED) is 0.640. The normalized spacial score (nSPS) is 19.5. The lowest BCUT2D eigenvalue weighted by molar-refractivity contribution is -0.118. The Balaban J connectivity index is 1.70. The molecule has 1 unspecified atom stereocenters. The fraction of sp³-hybridized carbons (Fsp3) is 0.348. The third-order valence-electron chi connectivity index (χ3n) is 5.80. The van der Waals surface area contributed by atoms with Gasteiger partial charge in [0.1, 0.15) is 6.04 Å². The molecule has 160 valence electrons. The van der Waals surface area contributed by atoms with E-state index in [-0.39, 0.29) is 17.2 Å². The van der Waals surface area contributed by atoms with Crippen LogP contribution in [0.3, 0.4) is 0 Å². The van der Waals surface area contributed by atoms with Crippen LogP contribution in [0.15, 0.2) is 47.0 Å². The summed E-state index contributed by atoms with van der Waals surface area (Å²) in [5, 5.41) is 10.2. The molecular formula is C23H24N4O3S. The van der Waals surface area contributed by atoms with Crippen molar-refractivity contribution in [2.75, 3.05) is 19.5 Å². The summed E-state index contributed by atoms with van der Waals surface area (Å²) in [4.78, 5) is 19.1. The van der Waals surface area contributed by atoms with E-state index in [1.165, 1.54) is 0 Å². The van der Waals surface area contributed by atoms with E-state index in [2.05, 4.69) is 19.2 Å². The molecule has 0 bridgehead atoms. The van der Waals surface area contributed by atoms with Crippen LogP contribution in [0, 0.1) is 5.41 Å². The Bertz CT molecular complexity index is 1190. The number of benzene rings is 1. The number of rotatable bonds is 4. The van der Waals surface area contributed by atoms with Crippen molar-refractivity contribution in [1.29, 1.82) is 0 Å². The molecule has 1 atom stereocenters. The number of anilines is 1. The SMILES string of the molecule is COc1ccc(C2C3=C(CC(C)(C)CC3=O)Nc3nc(-c4cccs4)nn32)cc1OC. The van der Waals surface area contributed by atoms with Crippen LogP contribution in [-0.4, -0.2) is 34.8 Å². The van der Waals surface area contributed by atoms with Gasteiger partial charge in [-0.3, -0.25) is 4.79 Å². The molecule has 3 aromatic rings. The number of methoxy groups -OCH3 is 2. The number of aromatic nitrogens is 3. The maximum absolute atomic E-state index is 13.3. The highest BCUT2D eigenvalue weighted by Gasteiger charge is 2.42. The number of hydrogen-bond donors (Lipinski definition) is 1. The van der Waals surface area contributed by atoms with Crippen molar-refractivity contribution < 1.29 is 14.3 Å². The van der Waals surface area contributed by atoms with E-state index in [1.54, 1.807) is 25.6 Å². The number of hydrogen-bond acceptors (Lipinski definition) is 7. The maximum atomic E-state index is 13.3. The van der Waals surface area contributed by atoms with Crippen LogP contribution in [0.1, 0.15) is 38.3 Å². The highest BCUT2D eigenvalue weighted by atomic mass is 32.1. The van der Waals surface area contributed by atoms with E-state index in [4.69, 9.17) is 19.6 Å². The second-order valence-electron chi connectivity index (χ2n) is 8.66. The zero-order valence-corrected chi connectivity index (χ0v) is 18.7. The van der Waals surface area contributed by atoms with E-state index in [1.807, 2.05) is 40.4 Å². The molecule has 1 N–H and O–H groups in total. The Morgan fingerprint density at radius 3 is 2.68 bits per heavy atom. The van der Waals surface area contributed by atoms with Crippen molar-refractivity contribution in [3.8, 4) is 22.2 Å². The van der Waals surface area contributed by atoms with Gasteiger partial charge in [-0.1, -0.05) is 26.0 Å². The Labute approximate surface area is 184 Å². The molecule has 1 aliphatic carbocycles. The molecule has 7 nitrogen and oxygen atoms in total. The monoisotopic (exact) mass is 436 g/mol. The molecule has 2 aromatic heterocycles. The molecule has 2 aliphatic rings. The average molecular weight is 437 g/mol. The molecule has 8 heteroatoms. The topological polar surface area (TPSA) is 78.3 Å². The smallest absolute Gasteiger partial charge is 0.226 e. The number of ether oxygens (including phenoxy) is 2. The van der Waals surface area contributed by atoms with E-state index in [0.717, 1.165) is 28.1 Å². The van der Waals surface area contributed by atoms with Crippen LogP contribution >= 0.6 is 11.3 Å². The van der Waals surface area contributed by atoms with Crippen molar-refractivity contribution >= 4 is 23.1 Å². The second kappa shape index (κ2) is 7.23. The van der Waals surface area contributed by atoms with Crippen molar-refractivity contribution in [3.63, 3.8) is 0 Å². The lowest BCUT2D eigenvalue weighted by Crippen LogP contribution is -2.36. The number of Topliss-reactive ketones (excluding diaryl/α,β-unsaturated/α-hetero) is 1. The highest BCUT2D eigenvalue weighted by molar-refractivity contribution is 7.13. The summed E-state index contributed by atoms with van der Waals surface area (Å²) < 4.78 is 12.8. The third kappa shape index (κ3) is 3.31. The predicted octanol–water partition coefficient (Wildman–Crippen LogP) is 4.68. The Kier molecular flexibility index (Phi) is 4.62. The lowest BCUT2D eigenvalue weighted by atomic mass is 9.73. The molecule has 3 heterocycles. The van der Waals surface area contributed by atoms with Gasteiger partial charge in [-0.25, -0.2) is 4.68 Å². The Morgan fingerprint density at radius 1 is 1.16 bits per heavy atom. The van der Waals surface area contributed by atoms with Crippen molar-refractivity contribution in [3.05, 3.63) is 52.5 Å². The first kappa shape index (κ1) is 19.8. The Hall–Kier alpha value is -3.13. The van der Waals surface area contributed by atoms with Crippen LogP contribution in [-0.2, 0) is 4.79 Å². The molecule has 0 saturated carbocycles. The molecule has 1 aromatic carbocycles. The van der Waals surface area contributed by atoms with Gasteiger partial charge in [0.05, 0.1) is 19.1 Å². The molecule has 0 spiro atoms. The van der Waals surface area contributed by atoms with Gasteiger partial charge >= 0.3 is 0 Å². The summed E-state index contributed by atoms with van der Waals surface area (Å²) in [6, 6.07) is 9.35. The van der Waals surface area contributed by atoms with Crippen LogP contribution in [0.4, 0.5) is 5.95 Å². The molecule has 0 amide bonds. The zero-order valence-electron chi connectivity index (χ0n) is 17.9. The predicted molar refractivity (Wildman–Crippen MR) is 120 cm³/mol. The number of nitrogens with zero attached hydrogens (tertiary/aromatic N) is 3. The first-order valence-electron chi connectivity index (χ1n) is 10.2. The third-order valence-corrected chi connectivity index (χ3v) is 6.66. The second-order valence-corrected chi connectivity index (χ2v) is 9.60. The van der Waals surface area contributed by atoms with Gasteiger partial charge in [-0.2, -0.15) is 4.98 Å². The van der Waals surface area contributed by atoms with Gasteiger partial charge in [0.25, 0.3) is 0 Å². The number of fused-ring (bicyclic) bond motifs is 1. The number of thiophene rings is 1. The van der Waals surface area contributed by atoms with Crippen LogP contribution in [0.25, 0.3) is 10.7 Å².